The molecule has 0 unspecified atom stereocenters. The lowest BCUT2D eigenvalue weighted by Crippen LogP contribution is -2.44. The second kappa shape index (κ2) is 6.29. The molecular weight excluding hydrogens is 303 g/mol. The number of hydrogen-bond donors (Lipinski definition) is 2. The number of carbonyl (C=O) groups is 1. The van der Waals surface area contributed by atoms with Crippen LogP contribution in [0.5, 0.6) is 5.88 Å². The van der Waals surface area contributed by atoms with E-state index in [2.05, 4.69) is 20.6 Å². The summed E-state index contributed by atoms with van der Waals surface area (Å²) in [6.07, 6.45) is 1.87. The molecule has 9 heteroatoms. The lowest BCUT2D eigenvalue weighted by molar-refractivity contribution is 0.0676. The number of piperidine rings is 1. The van der Waals surface area contributed by atoms with Crippen molar-refractivity contribution in [2.45, 2.75) is 18.7 Å². The number of nitrogens with zero attached hydrogens (tertiary/aromatic N) is 4. The summed E-state index contributed by atoms with van der Waals surface area (Å²) in [5.74, 6) is -0.651. The van der Waals surface area contributed by atoms with Gasteiger partial charge in [0.2, 0.25) is 5.88 Å². The van der Waals surface area contributed by atoms with Crippen molar-refractivity contribution >= 4 is 5.91 Å². The van der Waals surface area contributed by atoms with Crippen LogP contribution >= 0.6 is 0 Å². The number of primary amides is 1. The Labute approximate surface area is 131 Å². The molecule has 0 aromatic carbocycles. The maximum atomic E-state index is 13.9. The monoisotopic (exact) mass is 320 g/mol. The first kappa shape index (κ1) is 15.3. The van der Waals surface area contributed by atoms with Gasteiger partial charge in [0.25, 0.3) is 5.91 Å². The Hall–Kier alpha value is -2.55. The molecule has 3 N–H and O–H groups in total. The molecule has 0 aliphatic carbocycles. The number of aryl methyl sites for hydroxylation is 1. The third kappa shape index (κ3) is 3.29. The molecule has 2 aromatic rings. The summed E-state index contributed by atoms with van der Waals surface area (Å²) in [5, 5.41) is 10.7. The lowest BCUT2D eigenvalue weighted by Gasteiger charge is -2.27. The largest absolute Gasteiger partial charge is 0.471 e. The molecule has 1 aliphatic rings. The van der Waals surface area contributed by atoms with Gasteiger partial charge in [-0.1, -0.05) is 5.21 Å². The average molecular weight is 320 g/mol. The molecule has 3 rings (SSSR count). The highest BCUT2D eigenvalue weighted by atomic mass is 19.1. The highest BCUT2D eigenvalue weighted by molar-refractivity contribution is 5.96. The van der Waals surface area contributed by atoms with Crippen LogP contribution in [-0.4, -0.2) is 51.3 Å². The van der Waals surface area contributed by atoms with Crippen LogP contribution < -0.4 is 15.8 Å². The number of nitrogens with one attached hydrogen (secondary N) is 1. The van der Waals surface area contributed by atoms with E-state index in [1.165, 1.54) is 16.9 Å². The first-order valence-corrected chi connectivity index (χ1v) is 7.22. The second-order valence-electron chi connectivity index (χ2n) is 5.38. The Balaban J connectivity index is 1.89. The number of carbonyl (C=O) groups excluding carboxylic acids is 1. The van der Waals surface area contributed by atoms with E-state index in [1.54, 1.807) is 13.2 Å². The SMILES string of the molecule is Cn1cc(-c2cnc(O[C@@H]3CCNC[C@H]3F)c(C(N)=O)c2)nn1. The number of aromatic nitrogens is 4. The van der Waals surface area contributed by atoms with Gasteiger partial charge in [-0.3, -0.25) is 9.48 Å². The number of amides is 1. The molecule has 0 radical (unpaired) electrons. The minimum atomic E-state index is -1.16. The van der Waals surface area contributed by atoms with Crippen molar-refractivity contribution in [2.24, 2.45) is 12.8 Å². The minimum absolute atomic E-state index is 0.0414. The van der Waals surface area contributed by atoms with Crippen LogP contribution in [0.25, 0.3) is 11.3 Å². The smallest absolute Gasteiger partial charge is 0.254 e. The molecule has 0 bridgehead atoms. The van der Waals surface area contributed by atoms with Gasteiger partial charge in [0.1, 0.15) is 23.5 Å². The van der Waals surface area contributed by atoms with Gasteiger partial charge in [-0.2, -0.15) is 0 Å². The second-order valence-corrected chi connectivity index (χ2v) is 5.38. The van der Waals surface area contributed by atoms with E-state index in [4.69, 9.17) is 10.5 Å². The lowest BCUT2D eigenvalue weighted by atomic mass is 10.1. The van der Waals surface area contributed by atoms with Crippen molar-refractivity contribution in [3.63, 3.8) is 0 Å². The van der Waals surface area contributed by atoms with Gasteiger partial charge in [0.15, 0.2) is 0 Å². The third-order valence-electron chi connectivity index (χ3n) is 3.63. The van der Waals surface area contributed by atoms with E-state index >= 15 is 0 Å². The summed E-state index contributed by atoms with van der Waals surface area (Å²) < 4.78 is 21.0. The van der Waals surface area contributed by atoms with Gasteiger partial charge in [-0.25, -0.2) is 9.37 Å². The molecule has 8 nitrogen and oxygen atoms in total. The molecule has 1 saturated heterocycles. The summed E-state index contributed by atoms with van der Waals surface area (Å²) in [6, 6.07) is 1.53. The summed E-state index contributed by atoms with van der Waals surface area (Å²) in [5.41, 5.74) is 6.64. The zero-order valence-electron chi connectivity index (χ0n) is 12.6. The van der Waals surface area contributed by atoms with Crippen molar-refractivity contribution in [3.05, 3.63) is 24.0 Å². The first-order valence-electron chi connectivity index (χ1n) is 7.22. The third-order valence-corrected chi connectivity index (χ3v) is 3.63. The van der Waals surface area contributed by atoms with E-state index in [0.29, 0.717) is 24.2 Å². The fraction of sp³-hybridized carbons (Fsp3) is 0.429. The quantitative estimate of drug-likeness (QED) is 0.824. The van der Waals surface area contributed by atoms with E-state index in [9.17, 15) is 9.18 Å². The number of nitrogens with two attached hydrogens (primary N) is 1. The number of hydrogen-bond acceptors (Lipinski definition) is 6. The minimum Gasteiger partial charge on any atom is -0.471 e. The zero-order valence-corrected chi connectivity index (χ0v) is 12.6. The number of alkyl halides is 1. The van der Waals surface area contributed by atoms with Crippen LogP contribution in [0.4, 0.5) is 4.39 Å². The fourth-order valence-corrected chi connectivity index (χ4v) is 2.42. The highest BCUT2D eigenvalue weighted by Gasteiger charge is 2.28. The normalized spacial score (nSPS) is 21.1. The van der Waals surface area contributed by atoms with Gasteiger partial charge in [-0.05, 0) is 19.0 Å². The standard InChI is InChI=1S/C14H17FN6O2/c1-21-7-11(19-20-21)8-4-9(13(16)22)14(18-5-8)23-12-2-3-17-6-10(12)15/h4-5,7,10,12,17H,2-3,6H2,1H3,(H2,16,22)/t10-,12-/m1/s1. The summed E-state index contributed by atoms with van der Waals surface area (Å²) in [4.78, 5) is 15.8. The van der Waals surface area contributed by atoms with Gasteiger partial charge in [-0.15, -0.1) is 5.10 Å². The summed E-state index contributed by atoms with van der Waals surface area (Å²) in [7, 11) is 1.73. The van der Waals surface area contributed by atoms with Gasteiger partial charge >= 0.3 is 0 Å². The summed E-state index contributed by atoms with van der Waals surface area (Å²) >= 11 is 0. The van der Waals surface area contributed by atoms with Crippen LogP contribution in [-0.2, 0) is 7.05 Å². The summed E-state index contributed by atoms with van der Waals surface area (Å²) in [6.45, 7) is 0.864. The topological polar surface area (TPSA) is 108 Å². The Bertz CT molecular complexity index is 719. The number of rotatable bonds is 4. The molecule has 2 atom stereocenters. The van der Waals surface area contributed by atoms with Crippen molar-refractivity contribution in [3.8, 4) is 17.1 Å². The molecule has 0 saturated carbocycles. The highest BCUT2D eigenvalue weighted by Crippen LogP contribution is 2.25. The average Bonchev–Trinajstić information content (AvgIpc) is 2.96. The van der Waals surface area contributed by atoms with Crippen molar-refractivity contribution < 1.29 is 13.9 Å². The fourth-order valence-electron chi connectivity index (χ4n) is 2.42. The predicted octanol–water partition coefficient (Wildman–Crippen LogP) is 0.0548. The number of halogens is 1. The molecule has 1 amide bonds. The molecule has 2 aromatic heterocycles. The van der Waals surface area contributed by atoms with Crippen molar-refractivity contribution in [1.29, 1.82) is 0 Å². The molecule has 1 fully saturated rings. The molecular formula is C14H17FN6O2. The van der Waals surface area contributed by atoms with Crippen LogP contribution in [0, 0.1) is 0 Å². The zero-order chi connectivity index (χ0) is 16.4. The number of pyridine rings is 1. The van der Waals surface area contributed by atoms with Crippen LogP contribution in [0.2, 0.25) is 0 Å². The van der Waals surface area contributed by atoms with Gasteiger partial charge < -0.3 is 15.8 Å². The van der Waals surface area contributed by atoms with E-state index in [0.717, 1.165) is 0 Å². The predicted molar refractivity (Wildman–Crippen MR) is 79.6 cm³/mol. The molecule has 122 valence electrons. The van der Waals surface area contributed by atoms with Gasteiger partial charge in [0, 0.05) is 25.4 Å². The first-order chi connectivity index (χ1) is 11.0. The van der Waals surface area contributed by atoms with E-state index in [-0.39, 0.29) is 18.0 Å². The Kier molecular flexibility index (Phi) is 4.20. The van der Waals surface area contributed by atoms with E-state index in [1.807, 2.05) is 0 Å². The Morgan fingerprint density at radius 1 is 1.57 bits per heavy atom. The maximum absolute atomic E-state index is 13.9. The Morgan fingerprint density at radius 2 is 2.39 bits per heavy atom. The van der Waals surface area contributed by atoms with E-state index < -0.39 is 18.2 Å². The van der Waals surface area contributed by atoms with Crippen LogP contribution in [0.1, 0.15) is 16.8 Å². The number of ether oxygens (including phenoxy) is 1. The van der Waals surface area contributed by atoms with Crippen molar-refractivity contribution in [2.75, 3.05) is 13.1 Å². The van der Waals surface area contributed by atoms with Gasteiger partial charge in [0.05, 0.1) is 6.20 Å². The molecule has 0 spiro atoms. The van der Waals surface area contributed by atoms with Crippen LogP contribution in [0.15, 0.2) is 18.5 Å². The molecule has 23 heavy (non-hydrogen) atoms. The van der Waals surface area contributed by atoms with Crippen molar-refractivity contribution in [1.82, 2.24) is 25.3 Å². The Morgan fingerprint density at radius 3 is 3.04 bits per heavy atom. The maximum Gasteiger partial charge on any atom is 0.254 e. The molecule has 1 aliphatic heterocycles. The molecule has 3 heterocycles. The van der Waals surface area contributed by atoms with Crippen LogP contribution in [0.3, 0.4) is 0 Å².